The van der Waals surface area contributed by atoms with E-state index in [2.05, 4.69) is 88.4 Å². The van der Waals surface area contributed by atoms with Crippen molar-refractivity contribution in [3.05, 3.63) is 84.1 Å². The SMILES string of the molecule is Cc1ccccc1-c1cc(-c2ccccc2C)c2cccnc2c1OC(C)C. The number of rotatable bonds is 4. The van der Waals surface area contributed by atoms with Gasteiger partial charge < -0.3 is 4.74 Å². The molecule has 0 bridgehead atoms. The first-order valence-corrected chi connectivity index (χ1v) is 9.76. The van der Waals surface area contributed by atoms with Gasteiger partial charge >= 0.3 is 0 Å². The van der Waals surface area contributed by atoms with Crippen LogP contribution in [0.5, 0.6) is 5.75 Å². The van der Waals surface area contributed by atoms with E-state index in [1.807, 2.05) is 12.3 Å². The standard InChI is InChI=1S/C26H25NO/c1-17(2)28-26-24(21-13-8-6-11-19(21)4)16-23(20-12-7-5-10-18(20)3)22-14-9-15-27-25(22)26/h5-17H,1-4H3. The minimum Gasteiger partial charge on any atom is -0.488 e. The number of fused-ring (bicyclic) bond motifs is 1. The molecule has 0 unspecified atom stereocenters. The van der Waals surface area contributed by atoms with Crippen LogP contribution in [0.3, 0.4) is 0 Å². The second-order valence-corrected chi connectivity index (χ2v) is 7.50. The number of hydrogen-bond acceptors (Lipinski definition) is 2. The summed E-state index contributed by atoms with van der Waals surface area (Å²) in [6, 6.07) is 23.4. The fraction of sp³-hybridized carbons (Fsp3) is 0.192. The van der Waals surface area contributed by atoms with E-state index >= 15 is 0 Å². The van der Waals surface area contributed by atoms with E-state index in [1.54, 1.807) is 0 Å². The summed E-state index contributed by atoms with van der Waals surface area (Å²) < 4.78 is 6.33. The van der Waals surface area contributed by atoms with Crippen LogP contribution in [0.1, 0.15) is 25.0 Å². The number of hydrogen-bond donors (Lipinski definition) is 0. The van der Waals surface area contributed by atoms with Gasteiger partial charge in [-0.05, 0) is 67.6 Å². The Bertz CT molecular complexity index is 1140. The van der Waals surface area contributed by atoms with Gasteiger partial charge in [0, 0.05) is 17.1 Å². The Balaban J connectivity index is 2.12. The number of aromatic nitrogens is 1. The van der Waals surface area contributed by atoms with Crippen molar-refractivity contribution in [3.8, 4) is 28.0 Å². The van der Waals surface area contributed by atoms with E-state index < -0.39 is 0 Å². The van der Waals surface area contributed by atoms with Gasteiger partial charge in [0.05, 0.1) is 6.10 Å². The lowest BCUT2D eigenvalue weighted by Gasteiger charge is -2.20. The van der Waals surface area contributed by atoms with Crippen molar-refractivity contribution in [1.82, 2.24) is 4.98 Å². The zero-order valence-electron chi connectivity index (χ0n) is 16.9. The zero-order chi connectivity index (χ0) is 19.7. The Morgan fingerprint density at radius 2 is 1.32 bits per heavy atom. The van der Waals surface area contributed by atoms with E-state index in [4.69, 9.17) is 9.72 Å². The number of benzene rings is 3. The maximum atomic E-state index is 6.33. The largest absolute Gasteiger partial charge is 0.488 e. The summed E-state index contributed by atoms with van der Waals surface area (Å²) in [6.45, 7) is 8.42. The molecule has 1 aromatic heterocycles. The third-order valence-corrected chi connectivity index (χ3v) is 5.07. The lowest BCUT2D eigenvalue weighted by Crippen LogP contribution is -2.08. The smallest absolute Gasteiger partial charge is 0.153 e. The first-order valence-electron chi connectivity index (χ1n) is 9.76. The molecule has 0 spiro atoms. The Hall–Kier alpha value is -3.13. The number of pyridine rings is 1. The second kappa shape index (κ2) is 7.47. The third-order valence-electron chi connectivity index (χ3n) is 5.07. The predicted octanol–water partition coefficient (Wildman–Crippen LogP) is 6.97. The molecule has 2 heteroatoms. The van der Waals surface area contributed by atoms with Crippen molar-refractivity contribution < 1.29 is 4.74 Å². The van der Waals surface area contributed by atoms with Crippen molar-refractivity contribution in [1.29, 1.82) is 0 Å². The summed E-state index contributed by atoms with van der Waals surface area (Å²) in [5.74, 6) is 0.859. The average molecular weight is 367 g/mol. The maximum Gasteiger partial charge on any atom is 0.153 e. The van der Waals surface area contributed by atoms with Crippen LogP contribution in [0.4, 0.5) is 0 Å². The number of aryl methyl sites for hydroxylation is 2. The van der Waals surface area contributed by atoms with Crippen molar-refractivity contribution in [2.45, 2.75) is 33.8 Å². The van der Waals surface area contributed by atoms with Gasteiger partial charge in [-0.2, -0.15) is 0 Å². The van der Waals surface area contributed by atoms with Gasteiger partial charge in [-0.1, -0.05) is 54.6 Å². The topological polar surface area (TPSA) is 22.1 Å². The molecular formula is C26H25NO. The van der Waals surface area contributed by atoms with Crippen LogP contribution in [-0.2, 0) is 0 Å². The Labute approximate surface area is 166 Å². The molecule has 0 saturated carbocycles. The highest BCUT2D eigenvalue weighted by Crippen LogP contribution is 2.43. The first kappa shape index (κ1) is 18.2. The molecule has 0 amide bonds. The molecular weight excluding hydrogens is 342 g/mol. The molecule has 0 saturated heterocycles. The summed E-state index contributed by atoms with van der Waals surface area (Å²) in [4.78, 5) is 4.74. The van der Waals surface area contributed by atoms with E-state index in [0.29, 0.717) is 0 Å². The quantitative estimate of drug-likeness (QED) is 0.388. The van der Waals surface area contributed by atoms with Crippen LogP contribution >= 0.6 is 0 Å². The number of ether oxygens (including phenoxy) is 1. The normalized spacial score (nSPS) is 11.2. The minimum absolute atomic E-state index is 0.0669. The van der Waals surface area contributed by atoms with Crippen molar-refractivity contribution in [2.75, 3.05) is 0 Å². The summed E-state index contributed by atoms with van der Waals surface area (Å²) in [5, 5.41) is 1.12. The monoisotopic (exact) mass is 367 g/mol. The van der Waals surface area contributed by atoms with E-state index in [0.717, 1.165) is 22.2 Å². The summed E-state index contributed by atoms with van der Waals surface area (Å²) >= 11 is 0. The molecule has 1 heterocycles. The minimum atomic E-state index is 0.0669. The summed E-state index contributed by atoms with van der Waals surface area (Å²) in [5.41, 5.74) is 8.08. The fourth-order valence-corrected chi connectivity index (χ4v) is 3.75. The maximum absolute atomic E-state index is 6.33. The Morgan fingerprint density at radius 1 is 0.714 bits per heavy atom. The van der Waals surface area contributed by atoms with Crippen molar-refractivity contribution in [2.24, 2.45) is 0 Å². The van der Waals surface area contributed by atoms with Crippen LogP contribution < -0.4 is 4.74 Å². The van der Waals surface area contributed by atoms with Gasteiger partial charge in [-0.3, -0.25) is 4.98 Å². The van der Waals surface area contributed by atoms with Crippen molar-refractivity contribution >= 4 is 10.9 Å². The van der Waals surface area contributed by atoms with Crippen LogP contribution in [0.25, 0.3) is 33.2 Å². The molecule has 28 heavy (non-hydrogen) atoms. The molecule has 0 radical (unpaired) electrons. The highest BCUT2D eigenvalue weighted by molar-refractivity contribution is 6.03. The number of nitrogens with zero attached hydrogens (tertiary/aromatic N) is 1. The van der Waals surface area contributed by atoms with Gasteiger partial charge in [0.25, 0.3) is 0 Å². The predicted molar refractivity (Wildman–Crippen MR) is 118 cm³/mol. The molecule has 4 aromatic rings. The lowest BCUT2D eigenvalue weighted by molar-refractivity contribution is 0.246. The lowest BCUT2D eigenvalue weighted by atomic mass is 9.90. The van der Waals surface area contributed by atoms with E-state index in [1.165, 1.54) is 27.8 Å². The molecule has 0 fully saturated rings. The molecule has 0 aliphatic rings. The van der Waals surface area contributed by atoms with Crippen molar-refractivity contribution in [3.63, 3.8) is 0 Å². The molecule has 0 aliphatic heterocycles. The van der Waals surface area contributed by atoms with Gasteiger partial charge in [0.1, 0.15) is 5.52 Å². The first-order chi connectivity index (χ1) is 13.6. The zero-order valence-corrected chi connectivity index (χ0v) is 16.9. The third kappa shape index (κ3) is 3.27. The van der Waals surface area contributed by atoms with Crippen LogP contribution in [0, 0.1) is 13.8 Å². The average Bonchev–Trinajstić information content (AvgIpc) is 2.69. The van der Waals surface area contributed by atoms with Gasteiger partial charge in [-0.25, -0.2) is 0 Å². The van der Waals surface area contributed by atoms with E-state index in [-0.39, 0.29) is 6.10 Å². The molecule has 0 atom stereocenters. The van der Waals surface area contributed by atoms with E-state index in [9.17, 15) is 0 Å². The summed E-state index contributed by atoms with van der Waals surface area (Å²) in [7, 11) is 0. The van der Waals surface area contributed by atoms with Gasteiger partial charge in [-0.15, -0.1) is 0 Å². The molecule has 0 N–H and O–H groups in total. The van der Waals surface area contributed by atoms with Crippen LogP contribution in [-0.4, -0.2) is 11.1 Å². The molecule has 140 valence electrons. The molecule has 2 nitrogen and oxygen atoms in total. The Kier molecular flexibility index (Phi) is 4.87. The van der Waals surface area contributed by atoms with Crippen LogP contribution in [0.2, 0.25) is 0 Å². The Morgan fingerprint density at radius 3 is 1.93 bits per heavy atom. The molecule has 4 rings (SSSR count). The highest BCUT2D eigenvalue weighted by Gasteiger charge is 2.19. The summed E-state index contributed by atoms with van der Waals surface area (Å²) in [6.07, 6.45) is 1.91. The molecule has 0 aliphatic carbocycles. The van der Waals surface area contributed by atoms with Gasteiger partial charge in [0.15, 0.2) is 5.75 Å². The van der Waals surface area contributed by atoms with Gasteiger partial charge in [0.2, 0.25) is 0 Å². The second-order valence-electron chi connectivity index (χ2n) is 7.50. The fourth-order valence-electron chi connectivity index (χ4n) is 3.75. The highest BCUT2D eigenvalue weighted by atomic mass is 16.5. The van der Waals surface area contributed by atoms with Crippen LogP contribution in [0.15, 0.2) is 72.9 Å². The molecule has 3 aromatic carbocycles.